The summed E-state index contributed by atoms with van der Waals surface area (Å²) >= 11 is 0. The van der Waals surface area contributed by atoms with Crippen molar-refractivity contribution in [1.29, 1.82) is 0 Å². The Morgan fingerprint density at radius 3 is 2.83 bits per heavy atom. The lowest BCUT2D eigenvalue weighted by molar-refractivity contribution is -0.141. The van der Waals surface area contributed by atoms with E-state index in [0.717, 1.165) is 18.5 Å². The minimum atomic E-state index is -0.907. The third-order valence-corrected chi connectivity index (χ3v) is 3.15. The fourth-order valence-corrected chi connectivity index (χ4v) is 1.82. The van der Waals surface area contributed by atoms with E-state index in [-0.39, 0.29) is 12.5 Å². The SMILES string of the molecule is C[C@H](CN(C)C(=O)c1cc(C2CC2)[nH]n1)C(=O)O. The van der Waals surface area contributed by atoms with E-state index in [9.17, 15) is 9.59 Å². The summed E-state index contributed by atoms with van der Waals surface area (Å²) in [5.41, 5.74) is 1.36. The summed E-state index contributed by atoms with van der Waals surface area (Å²) in [5.74, 6) is -1.22. The van der Waals surface area contributed by atoms with Crippen LogP contribution in [-0.2, 0) is 4.79 Å². The molecule has 0 saturated heterocycles. The summed E-state index contributed by atoms with van der Waals surface area (Å²) in [7, 11) is 1.59. The van der Waals surface area contributed by atoms with E-state index in [1.165, 1.54) is 4.90 Å². The van der Waals surface area contributed by atoms with Gasteiger partial charge in [0.25, 0.3) is 5.91 Å². The molecule has 1 aromatic rings. The molecule has 1 aliphatic carbocycles. The van der Waals surface area contributed by atoms with Crippen LogP contribution in [0.1, 0.15) is 41.9 Å². The van der Waals surface area contributed by atoms with Crippen LogP contribution in [0.15, 0.2) is 6.07 Å². The molecular formula is C12H17N3O3. The standard InChI is InChI=1S/C12H17N3O3/c1-7(12(17)18)6-15(2)11(16)10-5-9(13-14-10)8-3-4-8/h5,7-8H,3-4,6H2,1-2H3,(H,13,14)(H,17,18)/t7-/m1/s1. The third kappa shape index (κ3) is 2.69. The van der Waals surface area contributed by atoms with Gasteiger partial charge in [0.2, 0.25) is 0 Å². The van der Waals surface area contributed by atoms with Crippen LogP contribution in [0.25, 0.3) is 0 Å². The van der Waals surface area contributed by atoms with E-state index in [1.54, 1.807) is 20.0 Å². The highest BCUT2D eigenvalue weighted by Crippen LogP contribution is 2.39. The molecular weight excluding hydrogens is 234 g/mol. The van der Waals surface area contributed by atoms with Gasteiger partial charge in [0.05, 0.1) is 5.92 Å². The smallest absolute Gasteiger partial charge is 0.308 e. The van der Waals surface area contributed by atoms with Crippen LogP contribution in [-0.4, -0.2) is 45.7 Å². The average Bonchev–Trinajstić information content (AvgIpc) is 3.06. The number of nitrogens with one attached hydrogen (secondary N) is 1. The molecule has 1 fully saturated rings. The van der Waals surface area contributed by atoms with E-state index in [0.29, 0.717) is 11.6 Å². The molecule has 1 aliphatic rings. The van der Waals surface area contributed by atoms with Crippen molar-refractivity contribution < 1.29 is 14.7 Å². The Balaban J connectivity index is 1.98. The van der Waals surface area contributed by atoms with E-state index >= 15 is 0 Å². The van der Waals surface area contributed by atoms with Crippen molar-refractivity contribution in [3.8, 4) is 0 Å². The minimum Gasteiger partial charge on any atom is -0.481 e. The lowest BCUT2D eigenvalue weighted by Gasteiger charge is -2.18. The van der Waals surface area contributed by atoms with Crippen molar-refractivity contribution in [1.82, 2.24) is 15.1 Å². The van der Waals surface area contributed by atoms with Gasteiger partial charge in [-0.15, -0.1) is 0 Å². The lowest BCUT2D eigenvalue weighted by Crippen LogP contribution is -2.33. The molecule has 0 spiro atoms. The number of H-pyrrole nitrogens is 1. The summed E-state index contributed by atoms with van der Waals surface area (Å²) in [6.07, 6.45) is 2.28. The molecule has 1 heterocycles. The largest absolute Gasteiger partial charge is 0.481 e. The number of aliphatic carboxylic acids is 1. The molecule has 0 bridgehead atoms. The zero-order valence-electron chi connectivity index (χ0n) is 10.5. The van der Waals surface area contributed by atoms with Crippen molar-refractivity contribution in [3.63, 3.8) is 0 Å². The number of hydrogen-bond acceptors (Lipinski definition) is 3. The van der Waals surface area contributed by atoms with Crippen LogP contribution < -0.4 is 0 Å². The molecule has 2 rings (SSSR count). The average molecular weight is 251 g/mol. The van der Waals surface area contributed by atoms with Gasteiger partial charge < -0.3 is 10.0 Å². The van der Waals surface area contributed by atoms with Crippen molar-refractivity contribution in [2.24, 2.45) is 5.92 Å². The second-order valence-corrected chi connectivity index (χ2v) is 4.91. The highest BCUT2D eigenvalue weighted by molar-refractivity contribution is 5.92. The van der Waals surface area contributed by atoms with Crippen LogP contribution in [0.5, 0.6) is 0 Å². The summed E-state index contributed by atoms with van der Waals surface area (Å²) in [6, 6.07) is 1.77. The number of amides is 1. The fourth-order valence-electron chi connectivity index (χ4n) is 1.82. The van der Waals surface area contributed by atoms with E-state index in [1.807, 2.05) is 0 Å². The molecule has 2 N–H and O–H groups in total. The molecule has 18 heavy (non-hydrogen) atoms. The molecule has 6 heteroatoms. The van der Waals surface area contributed by atoms with Crippen LogP contribution in [0.2, 0.25) is 0 Å². The molecule has 98 valence electrons. The van der Waals surface area contributed by atoms with Gasteiger partial charge >= 0.3 is 5.97 Å². The molecule has 6 nitrogen and oxygen atoms in total. The number of carboxylic acids is 1. The maximum absolute atomic E-state index is 12.0. The Hall–Kier alpha value is -1.85. The molecule has 0 unspecified atom stereocenters. The highest BCUT2D eigenvalue weighted by Gasteiger charge is 2.27. The van der Waals surface area contributed by atoms with Gasteiger partial charge in [-0.1, -0.05) is 6.92 Å². The summed E-state index contributed by atoms with van der Waals surface area (Å²) in [4.78, 5) is 24.1. The van der Waals surface area contributed by atoms with Crippen molar-refractivity contribution in [3.05, 3.63) is 17.5 Å². The number of aromatic amines is 1. The van der Waals surface area contributed by atoms with Gasteiger partial charge in [-0.25, -0.2) is 0 Å². The quantitative estimate of drug-likeness (QED) is 0.819. The number of hydrogen-bond donors (Lipinski definition) is 2. The van der Waals surface area contributed by atoms with Gasteiger partial charge in [-0.05, 0) is 18.9 Å². The first kappa shape index (κ1) is 12.6. The molecule has 1 saturated carbocycles. The second kappa shape index (κ2) is 4.80. The van der Waals surface area contributed by atoms with E-state index in [4.69, 9.17) is 5.11 Å². The summed E-state index contributed by atoms with van der Waals surface area (Å²) in [5, 5.41) is 15.7. The number of rotatable bonds is 5. The van der Waals surface area contributed by atoms with Gasteiger partial charge in [0, 0.05) is 25.2 Å². The number of carbonyl (C=O) groups excluding carboxylic acids is 1. The minimum absolute atomic E-state index is 0.180. The zero-order valence-corrected chi connectivity index (χ0v) is 10.5. The van der Waals surface area contributed by atoms with Crippen LogP contribution in [0.4, 0.5) is 0 Å². The Morgan fingerprint density at radius 1 is 1.61 bits per heavy atom. The van der Waals surface area contributed by atoms with Gasteiger partial charge in [0.1, 0.15) is 5.69 Å². The van der Waals surface area contributed by atoms with E-state index < -0.39 is 11.9 Å². The Labute approximate surface area is 105 Å². The van der Waals surface area contributed by atoms with Gasteiger partial charge in [-0.2, -0.15) is 5.10 Å². The normalized spacial score (nSPS) is 16.3. The first-order valence-corrected chi connectivity index (χ1v) is 6.02. The Kier molecular flexibility index (Phi) is 3.36. The molecule has 1 atom stereocenters. The maximum Gasteiger partial charge on any atom is 0.308 e. The van der Waals surface area contributed by atoms with Crippen molar-refractivity contribution in [2.75, 3.05) is 13.6 Å². The predicted octanol–water partition coefficient (Wildman–Crippen LogP) is 1.08. The molecule has 1 aromatic heterocycles. The lowest BCUT2D eigenvalue weighted by atomic mass is 10.1. The number of nitrogens with zero attached hydrogens (tertiary/aromatic N) is 2. The number of aromatic nitrogens is 2. The van der Waals surface area contributed by atoms with Crippen LogP contribution in [0, 0.1) is 5.92 Å². The molecule has 0 aliphatic heterocycles. The van der Waals surface area contributed by atoms with Gasteiger partial charge in [-0.3, -0.25) is 14.7 Å². The van der Waals surface area contributed by atoms with E-state index in [2.05, 4.69) is 10.2 Å². The predicted molar refractivity (Wildman–Crippen MR) is 64.3 cm³/mol. The van der Waals surface area contributed by atoms with Crippen molar-refractivity contribution >= 4 is 11.9 Å². The number of carboxylic acid groups (broad SMARTS) is 1. The maximum atomic E-state index is 12.0. The fraction of sp³-hybridized carbons (Fsp3) is 0.583. The third-order valence-electron chi connectivity index (χ3n) is 3.15. The molecule has 0 radical (unpaired) electrons. The van der Waals surface area contributed by atoms with Gasteiger partial charge in [0.15, 0.2) is 0 Å². The second-order valence-electron chi connectivity index (χ2n) is 4.91. The monoisotopic (exact) mass is 251 g/mol. The number of carbonyl (C=O) groups is 2. The molecule has 1 amide bonds. The Bertz CT molecular complexity index is 465. The summed E-state index contributed by atoms with van der Waals surface area (Å²) < 4.78 is 0. The molecule has 0 aromatic carbocycles. The van der Waals surface area contributed by atoms with Crippen molar-refractivity contribution in [2.45, 2.75) is 25.7 Å². The Morgan fingerprint density at radius 2 is 2.28 bits per heavy atom. The topological polar surface area (TPSA) is 86.3 Å². The summed E-state index contributed by atoms with van der Waals surface area (Å²) in [6.45, 7) is 1.76. The first-order valence-electron chi connectivity index (χ1n) is 6.02. The zero-order chi connectivity index (χ0) is 13.3. The van der Waals surface area contributed by atoms with Crippen LogP contribution >= 0.6 is 0 Å². The first-order chi connectivity index (χ1) is 8.49. The highest BCUT2D eigenvalue weighted by atomic mass is 16.4. The van der Waals surface area contributed by atoms with Crippen LogP contribution in [0.3, 0.4) is 0 Å².